The van der Waals surface area contributed by atoms with Crippen LogP contribution in [0.3, 0.4) is 0 Å². The number of carbonyl (C=O) groups is 1. The van der Waals surface area contributed by atoms with E-state index in [-0.39, 0.29) is 11.7 Å². The van der Waals surface area contributed by atoms with Gasteiger partial charge in [0.1, 0.15) is 5.56 Å². The Labute approximate surface area is 124 Å². The molecule has 0 aliphatic rings. The first-order chi connectivity index (χ1) is 9.82. The molecular weight excluding hydrogens is 296 g/mol. The average molecular weight is 309 g/mol. The monoisotopic (exact) mass is 308 g/mol. The summed E-state index contributed by atoms with van der Waals surface area (Å²) in [5.41, 5.74) is -1.65. The highest BCUT2D eigenvalue weighted by Crippen LogP contribution is 2.11. The minimum Gasteiger partial charge on any atom is -0.477 e. The summed E-state index contributed by atoms with van der Waals surface area (Å²) in [5.74, 6) is -1.38. The molecule has 110 valence electrons. The van der Waals surface area contributed by atoms with E-state index in [1.54, 1.807) is 13.8 Å². The van der Waals surface area contributed by atoms with Crippen molar-refractivity contribution in [1.82, 2.24) is 9.13 Å². The van der Waals surface area contributed by atoms with Gasteiger partial charge in [0.2, 0.25) is 0 Å². The fourth-order valence-corrected chi connectivity index (χ4v) is 2.03. The number of carboxylic acids is 1. The van der Waals surface area contributed by atoms with Crippen molar-refractivity contribution in [3.8, 4) is 5.69 Å². The zero-order chi connectivity index (χ0) is 15.7. The molecule has 0 aliphatic heterocycles. The van der Waals surface area contributed by atoms with Crippen LogP contribution in [0.15, 0.2) is 40.1 Å². The third-order valence-corrected chi connectivity index (χ3v) is 3.24. The molecule has 1 N–H and O–H groups in total. The van der Waals surface area contributed by atoms with E-state index in [1.807, 2.05) is 0 Å². The number of carboxylic acid groups (broad SMARTS) is 1. The van der Waals surface area contributed by atoms with E-state index in [1.165, 1.54) is 28.8 Å². The molecule has 1 heterocycles. The number of aromatic nitrogens is 2. The van der Waals surface area contributed by atoms with Gasteiger partial charge in [0.25, 0.3) is 5.56 Å². The topological polar surface area (TPSA) is 81.3 Å². The zero-order valence-corrected chi connectivity index (χ0v) is 12.2. The second-order valence-corrected chi connectivity index (χ2v) is 5.18. The van der Waals surface area contributed by atoms with Gasteiger partial charge in [-0.3, -0.25) is 9.36 Å². The predicted molar refractivity (Wildman–Crippen MR) is 78.7 cm³/mol. The van der Waals surface area contributed by atoms with Crippen LogP contribution in [-0.4, -0.2) is 20.2 Å². The molecule has 0 spiro atoms. The zero-order valence-electron chi connectivity index (χ0n) is 11.4. The van der Waals surface area contributed by atoms with E-state index >= 15 is 0 Å². The van der Waals surface area contributed by atoms with E-state index in [0.717, 1.165) is 10.8 Å². The fourth-order valence-electron chi connectivity index (χ4n) is 1.91. The molecule has 7 heteroatoms. The molecule has 1 aromatic heterocycles. The molecule has 2 aromatic rings. The number of hydrogen-bond donors (Lipinski definition) is 1. The number of aromatic carboxylic acids is 1. The Kier molecular flexibility index (Phi) is 3.99. The summed E-state index contributed by atoms with van der Waals surface area (Å²) < 4.78 is 2.04. The summed E-state index contributed by atoms with van der Waals surface area (Å²) in [6.45, 7) is 3.45. The molecule has 0 bridgehead atoms. The maximum atomic E-state index is 12.4. The second-order valence-electron chi connectivity index (χ2n) is 4.75. The molecule has 2 rings (SSSR count). The van der Waals surface area contributed by atoms with Crippen LogP contribution < -0.4 is 11.2 Å². The van der Waals surface area contributed by atoms with Crippen LogP contribution in [0.5, 0.6) is 0 Å². The van der Waals surface area contributed by atoms with Crippen molar-refractivity contribution in [3.05, 3.63) is 61.9 Å². The Bertz CT molecular complexity index is 803. The highest BCUT2D eigenvalue weighted by molar-refractivity contribution is 6.30. The molecule has 0 atom stereocenters. The van der Waals surface area contributed by atoms with E-state index in [2.05, 4.69) is 0 Å². The van der Waals surface area contributed by atoms with Crippen molar-refractivity contribution in [3.63, 3.8) is 0 Å². The van der Waals surface area contributed by atoms with Gasteiger partial charge in [-0.25, -0.2) is 14.2 Å². The minimum atomic E-state index is -1.38. The molecular formula is C14H13ClN2O4. The third-order valence-electron chi connectivity index (χ3n) is 2.99. The Morgan fingerprint density at radius 1 is 1.19 bits per heavy atom. The fraction of sp³-hybridized carbons (Fsp3) is 0.214. The molecule has 0 aliphatic carbocycles. The molecule has 21 heavy (non-hydrogen) atoms. The Hall–Kier alpha value is -2.34. The van der Waals surface area contributed by atoms with Crippen molar-refractivity contribution in [2.45, 2.75) is 19.9 Å². The van der Waals surface area contributed by atoms with Crippen LogP contribution in [0.1, 0.15) is 30.2 Å². The Balaban J connectivity index is 2.87. The van der Waals surface area contributed by atoms with Crippen molar-refractivity contribution < 1.29 is 9.90 Å². The normalized spacial score (nSPS) is 10.9. The smallest absolute Gasteiger partial charge is 0.342 e. The third kappa shape index (κ3) is 2.75. The number of rotatable bonds is 3. The molecule has 6 nitrogen and oxygen atoms in total. The lowest BCUT2D eigenvalue weighted by Crippen LogP contribution is -2.41. The first-order valence-corrected chi connectivity index (χ1v) is 6.58. The molecule has 0 unspecified atom stereocenters. The van der Waals surface area contributed by atoms with Gasteiger partial charge in [0.15, 0.2) is 0 Å². The first-order valence-electron chi connectivity index (χ1n) is 6.20. The van der Waals surface area contributed by atoms with Gasteiger partial charge in [-0.05, 0) is 38.1 Å². The standard InChI is InChI=1S/C14H13ClN2O4/c1-8(2)16-7-11(13(19)20)12(18)17(14(16)21)10-5-3-9(15)4-6-10/h3-8H,1-2H3,(H,19,20). The van der Waals surface area contributed by atoms with Crippen molar-refractivity contribution in [1.29, 1.82) is 0 Å². The lowest BCUT2D eigenvalue weighted by molar-refractivity contribution is 0.0693. The summed E-state index contributed by atoms with van der Waals surface area (Å²) in [5, 5.41) is 9.58. The van der Waals surface area contributed by atoms with Gasteiger partial charge in [-0.1, -0.05) is 11.6 Å². The summed E-state index contributed by atoms with van der Waals surface area (Å²) in [7, 11) is 0. The van der Waals surface area contributed by atoms with Crippen molar-refractivity contribution >= 4 is 17.6 Å². The minimum absolute atomic E-state index is 0.270. The van der Waals surface area contributed by atoms with E-state index in [0.29, 0.717) is 5.02 Å². The molecule has 0 fully saturated rings. The number of halogens is 1. The van der Waals surface area contributed by atoms with E-state index < -0.39 is 22.8 Å². The van der Waals surface area contributed by atoms with Gasteiger partial charge in [-0.2, -0.15) is 0 Å². The molecule has 0 saturated heterocycles. The van der Waals surface area contributed by atoms with Crippen LogP contribution in [0.4, 0.5) is 0 Å². The number of benzene rings is 1. The largest absolute Gasteiger partial charge is 0.477 e. The van der Waals surface area contributed by atoms with E-state index in [9.17, 15) is 14.4 Å². The van der Waals surface area contributed by atoms with Crippen LogP contribution in [0.25, 0.3) is 5.69 Å². The van der Waals surface area contributed by atoms with Crippen LogP contribution >= 0.6 is 11.6 Å². The quantitative estimate of drug-likeness (QED) is 0.939. The Morgan fingerprint density at radius 3 is 2.24 bits per heavy atom. The van der Waals surface area contributed by atoms with Crippen LogP contribution in [-0.2, 0) is 0 Å². The molecule has 0 radical (unpaired) electrons. The number of hydrogen-bond acceptors (Lipinski definition) is 3. The van der Waals surface area contributed by atoms with Crippen molar-refractivity contribution in [2.75, 3.05) is 0 Å². The highest BCUT2D eigenvalue weighted by atomic mass is 35.5. The highest BCUT2D eigenvalue weighted by Gasteiger charge is 2.18. The summed E-state index contributed by atoms with van der Waals surface area (Å²) >= 11 is 5.78. The molecule has 1 aromatic carbocycles. The lowest BCUT2D eigenvalue weighted by atomic mass is 10.2. The lowest BCUT2D eigenvalue weighted by Gasteiger charge is -2.14. The molecule has 0 amide bonds. The predicted octanol–water partition coefficient (Wildman–Crippen LogP) is 1.93. The second kappa shape index (κ2) is 5.57. The van der Waals surface area contributed by atoms with Crippen LogP contribution in [0.2, 0.25) is 5.02 Å². The molecule has 0 saturated carbocycles. The summed E-state index contributed by atoms with van der Waals surface area (Å²) in [6.07, 6.45) is 1.07. The van der Waals surface area contributed by atoms with Gasteiger partial charge >= 0.3 is 11.7 Å². The van der Waals surface area contributed by atoms with E-state index in [4.69, 9.17) is 16.7 Å². The average Bonchev–Trinajstić information content (AvgIpc) is 2.40. The van der Waals surface area contributed by atoms with Gasteiger partial charge in [0, 0.05) is 17.3 Å². The maximum absolute atomic E-state index is 12.4. The summed E-state index contributed by atoms with van der Waals surface area (Å²) in [6, 6.07) is 5.74. The van der Waals surface area contributed by atoms with Gasteiger partial charge in [0.05, 0.1) is 5.69 Å². The Morgan fingerprint density at radius 2 is 1.76 bits per heavy atom. The van der Waals surface area contributed by atoms with Gasteiger partial charge in [-0.15, -0.1) is 0 Å². The first kappa shape index (κ1) is 15.1. The van der Waals surface area contributed by atoms with Crippen molar-refractivity contribution in [2.24, 2.45) is 0 Å². The van der Waals surface area contributed by atoms with Gasteiger partial charge < -0.3 is 5.11 Å². The SMILES string of the molecule is CC(C)n1cc(C(=O)O)c(=O)n(-c2ccc(Cl)cc2)c1=O. The summed E-state index contributed by atoms with van der Waals surface area (Å²) in [4.78, 5) is 35.8. The maximum Gasteiger partial charge on any atom is 0.342 e. The number of nitrogens with zero attached hydrogens (tertiary/aromatic N) is 2. The van der Waals surface area contributed by atoms with Crippen LogP contribution in [0, 0.1) is 0 Å².